The fourth-order valence-electron chi connectivity index (χ4n) is 2.27. The highest BCUT2D eigenvalue weighted by molar-refractivity contribution is 14.0. The lowest BCUT2D eigenvalue weighted by atomic mass is 9.89. The molecule has 0 amide bonds. The van der Waals surface area contributed by atoms with E-state index in [0.717, 1.165) is 25.5 Å². The number of hydrogen-bond acceptors (Lipinski definition) is 3. The minimum absolute atomic E-state index is 0. The van der Waals surface area contributed by atoms with Crippen molar-refractivity contribution >= 4 is 41.3 Å². The largest absolute Gasteiger partial charge is 0.379 e. The number of nitrogens with zero attached hydrogens (tertiary/aromatic N) is 1. The van der Waals surface area contributed by atoms with E-state index in [9.17, 15) is 0 Å². The average molecular weight is 453 g/mol. The van der Waals surface area contributed by atoms with Crippen LogP contribution in [0.1, 0.15) is 32.6 Å². The fourth-order valence-corrected chi connectivity index (χ4v) is 3.14. The first-order chi connectivity index (χ1) is 10.4. The molecular weight excluding hydrogens is 421 g/mol. The van der Waals surface area contributed by atoms with Gasteiger partial charge in [0.2, 0.25) is 0 Å². The third-order valence-electron chi connectivity index (χ3n) is 3.68. The molecule has 0 bridgehead atoms. The zero-order valence-electron chi connectivity index (χ0n) is 15.2. The quantitative estimate of drug-likeness (QED) is 0.376. The van der Waals surface area contributed by atoms with Gasteiger partial charge in [-0.15, -0.1) is 35.3 Å². The molecule has 0 spiro atoms. The Hall–Kier alpha value is -0.340. The lowest BCUT2D eigenvalue weighted by Crippen LogP contribution is -2.46. The Bertz CT molecular complexity index is 443. The summed E-state index contributed by atoms with van der Waals surface area (Å²) in [7, 11) is 3.56. The van der Waals surface area contributed by atoms with Gasteiger partial charge < -0.3 is 15.4 Å². The SMILES string of the molecule is CN=C(NCC(C)Cc1cccs1)NCC(OC)C(C)(C)C.I. The van der Waals surface area contributed by atoms with Gasteiger partial charge in [0.25, 0.3) is 0 Å². The van der Waals surface area contributed by atoms with E-state index in [4.69, 9.17) is 4.74 Å². The summed E-state index contributed by atoms with van der Waals surface area (Å²) in [6, 6.07) is 4.30. The Balaban J connectivity index is 0.00000484. The van der Waals surface area contributed by atoms with E-state index in [1.54, 1.807) is 14.2 Å². The molecule has 4 nitrogen and oxygen atoms in total. The number of halogens is 1. The summed E-state index contributed by atoms with van der Waals surface area (Å²) in [5, 5.41) is 8.89. The van der Waals surface area contributed by atoms with Crippen LogP contribution in [0.3, 0.4) is 0 Å². The van der Waals surface area contributed by atoms with Crippen LogP contribution in [0.15, 0.2) is 22.5 Å². The predicted molar refractivity (Wildman–Crippen MR) is 112 cm³/mol. The van der Waals surface area contributed by atoms with Gasteiger partial charge in [0, 0.05) is 32.1 Å². The summed E-state index contributed by atoms with van der Waals surface area (Å²) in [6.45, 7) is 10.5. The number of aliphatic imine (C=N–C) groups is 1. The highest BCUT2D eigenvalue weighted by atomic mass is 127. The first kappa shape index (κ1) is 22.7. The summed E-state index contributed by atoms with van der Waals surface area (Å²) in [4.78, 5) is 5.72. The number of hydrogen-bond donors (Lipinski definition) is 2. The molecule has 1 aromatic rings. The fraction of sp³-hybridized carbons (Fsp3) is 0.706. The monoisotopic (exact) mass is 453 g/mol. The molecule has 2 N–H and O–H groups in total. The minimum Gasteiger partial charge on any atom is -0.379 e. The molecule has 0 fully saturated rings. The van der Waals surface area contributed by atoms with Crippen molar-refractivity contribution in [3.63, 3.8) is 0 Å². The second kappa shape index (κ2) is 11.3. The van der Waals surface area contributed by atoms with E-state index in [2.05, 4.69) is 60.8 Å². The van der Waals surface area contributed by atoms with Crippen molar-refractivity contribution < 1.29 is 4.74 Å². The number of thiophene rings is 1. The first-order valence-electron chi connectivity index (χ1n) is 7.86. The van der Waals surface area contributed by atoms with E-state index in [1.807, 2.05) is 11.3 Å². The zero-order chi connectivity index (χ0) is 16.6. The van der Waals surface area contributed by atoms with E-state index in [0.29, 0.717) is 5.92 Å². The molecule has 0 saturated carbocycles. The molecule has 2 unspecified atom stereocenters. The van der Waals surface area contributed by atoms with Crippen molar-refractivity contribution in [3.8, 4) is 0 Å². The third-order valence-corrected chi connectivity index (χ3v) is 4.58. The molecule has 0 saturated heterocycles. The number of methoxy groups -OCH3 is 1. The minimum atomic E-state index is 0. The average Bonchev–Trinajstić information content (AvgIpc) is 2.94. The molecule has 0 aliphatic carbocycles. The molecule has 0 aliphatic rings. The number of rotatable bonds is 7. The summed E-state index contributed by atoms with van der Waals surface area (Å²) in [6.07, 6.45) is 1.25. The normalized spacial score (nSPS) is 14.8. The van der Waals surface area contributed by atoms with Crippen molar-refractivity contribution in [3.05, 3.63) is 22.4 Å². The number of guanidine groups is 1. The lowest BCUT2D eigenvalue weighted by Gasteiger charge is -2.30. The van der Waals surface area contributed by atoms with Crippen LogP contribution in [0.5, 0.6) is 0 Å². The molecule has 0 aliphatic heterocycles. The van der Waals surface area contributed by atoms with Gasteiger partial charge in [-0.2, -0.15) is 0 Å². The Labute approximate surface area is 162 Å². The van der Waals surface area contributed by atoms with Gasteiger partial charge in [-0.25, -0.2) is 0 Å². The first-order valence-corrected chi connectivity index (χ1v) is 8.74. The summed E-state index contributed by atoms with van der Waals surface area (Å²) in [5.74, 6) is 1.40. The van der Waals surface area contributed by atoms with Crippen molar-refractivity contribution in [2.24, 2.45) is 16.3 Å². The van der Waals surface area contributed by atoms with Crippen molar-refractivity contribution in [2.75, 3.05) is 27.2 Å². The maximum absolute atomic E-state index is 5.56. The molecular formula is C17H32IN3OS. The highest BCUT2D eigenvalue weighted by Crippen LogP contribution is 2.20. The van der Waals surface area contributed by atoms with Crippen LogP contribution in [0.25, 0.3) is 0 Å². The van der Waals surface area contributed by atoms with E-state index >= 15 is 0 Å². The van der Waals surface area contributed by atoms with Gasteiger partial charge in [-0.1, -0.05) is 33.8 Å². The van der Waals surface area contributed by atoms with Gasteiger partial charge in [0.1, 0.15) is 0 Å². The van der Waals surface area contributed by atoms with Crippen LogP contribution in [0.4, 0.5) is 0 Å². The molecule has 0 radical (unpaired) electrons. The molecule has 1 heterocycles. The van der Waals surface area contributed by atoms with Crippen LogP contribution in [0.2, 0.25) is 0 Å². The Morgan fingerprint density at radius 1 is 1.30 bits per heavy atom. The molecule has 1 aromatic heterocycles. The van der Waals surface area contributed by atoms with Crippen LogP contribution in [-0.2, 0) is 11.2 Å². The molecule has 6 heteroatoms. The second-order valence-corrected chi connectivity index (χ2v) is 7.85. The van der Waals surface area contributed by atoms with E-state index in [1.165, 1.54) is 4.88 Å². The van der Waals surface area contributed by atoms with Crippen molar-refractivity contribution in [1.29, 1.82) is 0 Å². The number of nitrogens with one attached hydrogen (secondary N) is 2. The Morgan fingerprint density at radius 3 is 2.43 bits per heavy atom. The van der Waals surface area contributed by atoms with E-state index in [-0.39, 0.29) is 35.5 Å². The highest BCUT2D eigenvalue weighted by Gasteiger charge is 2.24. The molecule has 0 aromatic carbocycles. The van der Waals surface area contributed by atoms with Gasteiger partial charge in [-0.05, 0) is 29.2 Å². The maximum Gasteiger partial charge on any atom is 0.191 e. The third kappa shape index (κ3) is 8.91. The second-order valence-electron chi connectivity index (χ2n) is 6.81. The van der Waals surface area contributed by atoms with Gasteiger partial charge in [0.15, 0.2) is 5.96 Å². The topological polar surface area (TPSA) is 45.7 Å². The van der Waals surface area contributed by atoms with Crippen LogP contribution in [-0.4, -0.2) is 39.3 Å². The van der Waals surface area contributed by atoms with Gasteiger partial charge >= 0.3 is 0 Å². The summed E-state index contributed by atoms with van der Waals surface area (Å²) >= 11 is 1.82. The van der Waals surface area contributed by atoms with Crippen LogP contribution in [0, 0.1) is 11.3 Å². The van der Waals surface area contributed by atoms with E-state index < -0.39 is 0 Å². The molecule has 1 rings (SSSR count). The summed E-state index contributed by atoms with van der Waals surface area (Å²) < 4.78 is 5.56. The zero-order valence-corrected chi connectivity index (χ0v) is 18.3. The molecule has 2 atom stereocenters. The van der Waals surface area contributed by atoms with Crippen LogP contribution < -0.4 is 10.6 Å². The predicted octanol–water partition coefficient (Wildman–Crippen LogP) is 3.77. The smallest absolute Gasteiger partial charge is 0.191 e. The molecule has 23 heavy (non-hydrogen) atoms. The molecule has 134 valence electrons. The summed E-state index contributed by atoms with van der Waals surface area (Å²) in [5.41, 5.74) is 0.104. The lowest BCUT2D eigenvalue weighted by molar-refractivity contribution is 0.0205. The Morgan fingerprint density at radius 2 is 1.96 bits per heavy atom. The standard InChI is InChI=1S/C17H31N3OS.HI/c1-13(10-14-8-7-9-22-14)11-19-16(18-5)20-12-15(21-6)17(2,3)4;/h7-9,13,15H,10-12H2,1-6H3,(H2,18,19,20);1H. The van der Waals surface area contributed by atoms with Gasteiger partial charge in [0.05, 0.1) is 6.10 Å². The van der Waals surface area contributed by atoms with Crippen molar-refractivity contribution in [1.82, 2.24) is 10.6 Å². The maximum atomic E-state index is 5.56. The van der Waals surface area contributed by atoms with Gasteiger partial charge in [-0.3, -0.25) is 4.99 Å². The van der Waals surface area contributed by atoms with Crippen molar-refractivity contribution in [2.45, 2.75) is 40.2 Å². The number of ether oxygens (including phenoxy) is 1. The van der Waals surface area contributed by atoms with Crippen LogP contribution >= 0.6 is 35.3 Å². The Kier molecular flexibility index (Phi) is 11.1.